The van der Waals surface area contributed by atoms with Gasteiger partial charge < -0.3 is 14.6 Å². The van der Waals surface area contributed by atoms with E-state index in [9.17, 15) is 9.59 Å². The van der Waals surface area contributed by atoms with Crippen LogP contribution in [0.5, 0.6) is 5.75 Å². The van der Waals surface area contributed by atoms with Gasteiger partial charge in [0.2, 0.25) is 5.91 Å². The maximum atomic E-state index is 12.7. The van der Waals surface area contributed by atoms with Crippen molar-refractivity contribution >= 4 is 22.6 Å². The molecule has 0 radical (unpaired) electrons. The van der Waals surface area contributed by atoms with E-state index in [0.29, 0.717) is 11.5 Å². The number of rotatable bonds is 7. The van der Waals surface area contributed by atoms with Crippen molar-refractivity contribution in [2.75, 3.05) is 20.2 Å². The standard InChI is InChI=1S/C26H30N2O3/c1-3-18-4-6-20(7-5-18)25(29)10-11-26(30)28-14-12-19(13-15-28)23-17-27-24-9-8-21(31-2)16-22(23)24/h4-9,16-17,19,27H,3,10-15H2,1-2H3. The molecule has 1 N–H and O–H groups in total. The lowest BCUT2D eigenvalue weighted by atomic mass is 9.89. The number of nitrogens with one attached hydrogen (secondary N) is 1. The minimum Gasteiger partial charge on any atom is -0.497 e. The average Bonchev–Trinajstić information content (AvgIpc) is 3.25. The second kappa shape index (κ2) is 9.38. The Morgan fingerprint density at radius 2 is 1.81 bits per heavy atom. The zero-order valence-corrected chi connectivity index (χ0v) is 18.3. The molecule has 1 aliphatic rings. The Morgan fingerprint density at radius 1 is 1.06 bits per heavy atom. The van der Waals surface area contributed by atoms with Gasteiger partial charge in [-0.25, -0.2) is 0 Å². The second-order valence-corrected chi connectivity index (χ2v) is 8.28. The van der Waals surface area contributed by atoms with Gasteiger partial charge in [-0.15, -0.1) is 0 Å². The van der Waals surface area contributed by atoms with Crippen LogP contribution in [-0.2, 0) is 11.2 Å². The predicted molar refractivity (Wildman–Crippen MR) is 123 cm³/mol. The van der Waals surface area contributed by atoms with Crippen LogP contribution in [0.15, 0.2) is 48.7 Å². The first-order valence-corrected chi connectivity index (χ1v) is 11.1. The van der Waals surface area contributed by atoms with Crippen LogP contribution in [0.2, 0.25) is 0 Å². The van der Waals surface area contributed by atoms with Gasteiger partial charge in [0, 0.05) is 48.6 Å². The molecule has 0 atom stereocenters. The summed E-state index contributed by atoms with van der Waals surface area (Å²) in [4.78, 5) is 30.4. The number of benzene rings is 2. The lowest BCUT2D eigenvalue weighted by Crippen LogP contribution is -2.38. The average molecular weight is 419 g/mol. The Bertz CT molecular complexity index is 1060. The van der Waals surface area contributed by atoms with E-state index in [1.165, 1.54) is 16.5 Å². The maximum absolute atomic E-state index is 12.7. The van der Waals surface area contributed by atoms with Crippen LogP contribution >= 0.6 is 0 Å². The Balaban J connectivity index is 1.31. The molecule has 0 aliphatic carbocycles. The number of ether oxygens (including phenoxy) is 1. The number of piperidine rings is 1. The van der Waals surface area contributed by atoms with Gasteiger partial charge in [-0.1, -0.05) is 31.2 Å². The first-order chi connectivity index (χ1) is 15.1. The molecule has 5 nitrogen and oxygen atoms in total. The van der Waals surface area contributed by atoms with E-state index in [1.807, 2.05) is 41.3 Å². The maximum Gasteiger partial charge on any atom is 0.223 e. The molecular formula is C26H30N2O3. The van der Waals surface area contributed by atoms with E-state index in [2.05, 4.69) is 24.2 Å². The molecule has 1 aliphatic heterocycles. The predicted octanol–water partition coefficient (Wildman–Crippen LogP) is 5.11. The molecule has 1 fully saturated rings. The Kier molecular flexibility index (Phi) is 6.40. The lowest BCUT2D eigenvalue weighted by molar-refractivity contribution is -0.132. The van der Waals surface area contributed by atoms with E-state index in [4.69, 9.17) is 4.74 Å². The normalized spacial score (nSPS) is 14.7. The van der Waals surface area contributed by atoms with Crippen molar-refractivity contribution in [3.63, 3.8) is 0 Å². The molecule has 2 heterocycles. The number of hydrogen-bond donors (Lipinski definition) is 1. The SMILES string of the molecule is CCc1ccc(C(=O)CCC(=O)N2CCC(c3c[nH]c4ccc(OC)cc34)CC2)cc1. The van der Waals surface area contributed by atoms with Crippen LogP contribution in [0.4, 0.5) is 0 Å². The number of likely N-dealkylation sites (tertiary alicyclic amines) is 1. The molecule has 0 saturated carbocycles. The summed E-state index contributed by atoms with van der Waals surface area (Å²) < 4.78 is 5.38. The first kappa shape index (κ1) is 21.2. The Labute approximate surface area is 183 Å². The fourth-order valence-corrected chi connectivity index (χ4v) is 4.48. The summed E-state index contributed by atoms with van der Waals surface area (Å²) in [5, 5.41) is 1.20. The fourth-order valence-electron chi connectivity index (χ4n) is 4.48. The number of aromatic nitrogens is 1. The highest BCUT2D eigenvalue weighted by molar-refractivity contribution is 5.98. The fraction of sp³-hybridized carbons (Fsp3) is 0.385. The van der Waals surface area contributed by atoms with Gasteiger partial charge in [0.25, 0.3) is 0 Å². The smallest absolute Gasteiger partial charge is 0.223 e. The number of ketones is 1. The molecule has 3 aromatic rings. The third kappa shape index (κ3) is 4.66. The summed E-state index contributed by atoms with van der Waals surface area (Å²) in [5.74, 6) is 1.40. The number of fused-ring (bicyclic) bond motifs is 1. The highest BCUT2D eigenvalue weighted by atomic mass is 16.5. The van der Waals surface area contributed by atoms with Crippen LogP contribution < -0.4 is 4.74 Å². The molecule has 4 rings (SSSR count). The van der Waals surface area contributed by atoms with E-state index in [1.54, 1.807) is 7.11 Å². The van der Waals surface area contributed by atoms with Gasteiger partial charge in [-0.2, -0.15) is 0 Å². The number of carbonyl (C=O) groups is 2. The highest BCUT2D eigenvalue weighted by Gasteiger charge is 2.25. The van der Waals surface area contributed by atoms with Crippen LogP contribution in [0, 0.1) is 0 Å². The number of aryl methyl sites for hydroxylation is 1. The summed E-state index contributed by atoms with van der Waals surface area (Å²) in [5.41, 5.74) is 4.31. The van der Waals surface area contributed by atoms with Gasteiger partial charge >= 0.3 is 0 Å². The molecule has 1 aromatic heterocycles. The van der Waals surface area contributed by atoms with Gasteiger partial charge in [-0.05, 0) is 54.5 Å². The third-order valence-corrected chi connectivity index (χ3v) is 6.46. The number of aromatic amines is 1. The minimum absolute atomic E-state index is 0.0404. The molecule has 0 bridgehead atoms. The van der Waals surface area contributed by atoms with Crippen molar-refractivity contribution in [3.05, 3.63) is 65.4 Å². The number of carbonyl (C=O) groups excluding carboxylic acids is 2. The third-order valence-electron chi connectivity index (χ3n) is 6.46. The summed E-state index contributed by atoms with van der Waals surface area (Å²) in [6.45, 7) is 3.56. The molecule has 0 unspecified atom stereocenters. The van der Waals surface area contributed by atoms with Crippen LogP contribution in [0.1, 0.15) is 60.0 Å². The van der Waals surface area contributed by atoms with Crippen LogP contribution in [-0.4, -0.2) is 41.8 Å². The lowest BCUT2D eigenvalue weighted by Gasteiger charge is -2.32. The largest absolute Gasteiger partial charge is 0.497 e. The quantitative estimate of drug-likeness (QED) is 0.543. The van der Waals surface area contributed by atoms with E-state index < -0.39 is 0 Å². The van der Waals surface area contributed by atoms with Crippen molar-refractivity contribution in [1.82, 2.24) is 9.88 Å². The zero-order valence-electron chi connectivity index (χ0n) is 18.3. The van der Waals surface area contributed by atoms with Crippen LogP contribution in [0.3, 0.4) is 0 Å². The zero-order chi connectivity index (χ0) is 21.8. The monoisotopic (exact) mass is 418 g/mol. The first-order valence-electron chi connectivity index (χ1n) is 11.1. The van der Waals surface area contributed by atoms with Gasteiger partial charge in [0.15, 0.2) is 5.78 Å². The van der Waals surface area contributed by atoms with Crippen molar-refractivity contribution < 1.29 is 14.3 Å². The van der Waals surface area contributed by atoms with E-state index in [-0.39, 0.29) is 24.5 Å². The molecule has 31 heavy (non-hydrogen) atoms. The van der Waals surface area contributed by atoms with E-state index >= 15 is 0 Å². The summed E-state index contributed by atoms with van der Waals surface area (Å²) in [7, 11) is 1.68. The molecule has 162 valence electrons. The Hall–Kier alpha value is -3.08. The van der Waals surface area contributed by atoms with Crippen molar-refractivity contribution in [1.29, 1.82) is 0 Å². The highest BCUT2D eigenvalue weighted by Crippen LogP contribution is 2.34. The van der Waals surface area contributed by atoms with Crippen molar-refractivity contribution in [2.24, 2.45) is 0 Å². The van der Waals surface area contributed by atoms with Gasteiger partial charge in [-0.3, -0.25) is 9.59 Å². The van der Waals surface area contributed by atoms with E-state index in [0.717, 1.165) is 43.6 Å². The van der Waals surface area contributed by atoms with Gasteiger partial charge in [0.1, 0.15) is 5.75 Å². The molecule has 2 aromatic carbocycles. The van der Waals surface area contributed by atoms with Gasteiger partial charge in [0.05, 0.1) is 7.11 Å². The number of nitrogens with zero attached hydrogens (tertiary/aromatic N) is 1. The topological polar surface area (TPSA) is 62.4 Å². The second-order valence-electron chi connectivity index (χ2n) is 8.28. The summed E-state index contributed by atoms with van der Waals surface area (Å²) in [6.07, 6.45) is 5.46. The number of amides is 1. The molecule has 1 saturated heterocycles. The van der Waals surface area contributed by atoms with Crippen molar-refractivity contribution in [2.45, 2.75) is 44.9 Å². The summed E-state index contributed by atoms with van der Waals surface area (Å²) >= 11 is 0. The number of hydrogen-bond acceptors (Lipinski definition) is 3. The number of Topliss-reactive ketones (excluding diaryl/α,β-unsaturated/α-hetero) is 1. The Morgan fingerprint density at radius 3 is 2.48 bits per heavy atom. The van der Waals surface area contributed by atoms with Crippen LogP contribution in [0.25, 0.3) is 10.9 Å². The molecule has 0 spiro atoms. The molecule has 1 amide bonds. The number of H-pyrrole nitrogens is 1. The molecule has 5 heteroatoms. The summed E-state index contributed by atoms with van der Waals surface area (Å²) in [6, 6.07) is 13.8. The minimum atomic E-state index is 0.0404. The molecular weight excluding hydrogens is 388 g/mol. The van der Waals surface area contributed by atoms with Crippen molar-refractivity contribution in [3.8, 4) is 5.75 Å². The number of methoxy groups -OCH3 is 1.